The number of nitrogens with one attached hydrogen (secondary N) is 1. The van der Waals surface area contributed by atoms with Gasteiger partial charge in [-0.1, -0.05) is 30.3 Å². The maximum atomic E-state index is 12.8. The Balaban J connectivity index is 1.76. The number of aromatic nitrogens is 3. The zero-order valence-electron chi connectivity index (χ0n) is 16.2. The Kier molecular flexibility index (Phi) is 5.93. The van der Waals surface area contributed by atoms with Crippen molar-refractivity contribution in [2.45, 2.75) is 31.1 Å². The van der Waals surface area contributed by atoms with Crippen molar-refractivity contribution in [3.63, 3.8) is 0 Å². The first-order valence-corrected chi connectivity index (χ1v) is 10.5. The fourth-order valence-electron chi connectivity index (χ4n) is 3.08. The van der Waals surface area contributed by atoms with Crippen molar-refractivity contribution in [2.75, 3.05) is 11.3 Å². The Morgan fingerprint density at radius 3 is 2.43 bits per heavy atom. The molecule has 3 aromatic rings. The molecule has 0 fully saturated rings. The van der Waals surface area contributed by atoms with Crippen molar-refractivity contribution in [3.05, 3.63) is 71.3 Å². The van der Waals surface area contributed by atoms with Crippen LogP contribution in [0.3, 0.4) is 0 Å². The maximum Gasteiger partial charge on any atom is 0.347 e. The van der Waals surface area contributed by atoms with Crippen LogP contribution < -0.4 is 4.72 Å². The number of rotatable bonds is 7. The van der Waals surface area contributed by atoms with E-state index in [1.54, 1.807) is 30.8 Å². The number of aliphatic hydroxyl groups excluding tert-OH is 1. The zero-order chi connectivity index (χ0) is 20.3. The number of benzene rings is 1. The molecule has 3 N–H and O–H groups in total. The van der Waals surface area contributed by atoms with Crippen molar-refractivity contribution < 1.29 is 13.9 Å². The minimum Gasteiger partial charge on any atom is -0.396 e. The van der Waals surface area contributed by atoms with E-state index in [4.69, 9.17) is 0 Å². The van der Waals surface area contributed by atoms with Crippen LogP contribution in [0.25, 0.3) is 0 Å². The third-order valence-electron chi connectivity index (χ3n) is 4.81. The predicted octanol–water partition coefficient (Wildman–Crippen LogP) is 3.11. The fraction of sp³-hybridized carbons (Fsp3) is 0.300. The summed E-state index contributed by atoms with van der Waals surface area (Å²) in [4.78, 5) is 4.53. The molecule has 0 aliphatic heterocycles. The van der Waals surface area contributed by atoms with E-state index < -0.39 is 10.4 Å². The summed E-state index contributed by atoms with van der Waals surface area (Å²) in [5, 5.41) is 14.0. The lowest BCUT2D eigenvalue weighted by Gasteiger charge is -2.14. The van der Waals surface area contributed by atoms with Crippen LogP contribution in [0.15, 0.2) is 53.6 Å². The van der Waals surface area contributed by atoms with E-state index in [0.29, 0.717) is 17.8 Å². The Morgan fingerprint density at radius 1 is 1.18 bits per heavy atom. The van der Waals surface area contributed by atoms with E-state index in [1.165, 1.54) is 6.20 Å². The van der Waals surface area contributed by atoms with Gasteiger partial charge in [0.05, 0.1) is 24.2 Å². The minimum absolute atomic E-state index is 0.00526. The molecule has 3 rings (SSSR count). The molecule has 28 heavy (non-hydrogen) atoms. The topological polar surface area (TPSA) is 100 Å². The van der Waals surface area contributed by atoms with E-state index in [0.717, 1.165) is 17.0 Å². The van der Waals surface area contributed by atoms with Gasteiger partial charge in [-0.3, -0.25) is 9.67 Å². The number of hydrogen-bond acceptors (Lipinski definition) is 4. The van der Waals surface area contributed by atoms with Crippen molar-refractivity contribution in [2.24, 2.45) is 7.05 Å². The van der Waals surface area contributed by atoms with E-state index in [1.807, 2.05) is 37.3 Å². The molecule has 0 saturated carbocycles. The maximum absolute atomic E-state index is 12.8. The van der Waals surface area contributed by atoms with E-state index in [2.05, 4.69) is 14.8 Å². The average Bonchev–Trinajstić information content (AvgIpc) is 2.93. The van der Waals surface area contributed by atoms with Crippen molar-refractivity contribution in [1.29, 1.82) is 0 Å². The number of pyridine rings is 1. The van der Waals surface area contributed by atoms with Crippen LogP contribution in [0.1, 0.15) is 28.6 Å². The highest BCUT2D eigenvalue weighted by Crippen LogP contribution is 2.26. The summed E-state index contributed by atoms with van der Waals surface area (Å²) < 4.78 is 27.7. The van der Waals surface area contributed by atoms with Crippen LogP contribution in [-0.2, 0) is 28.1 Å². The molecule has 0 aliphatic rings. The standard InChI is InChI=1S/C20H24N4O3S/c1-14-20(15(2)24(3)22-14)23-28(26,27)19-10-9-18(21-12-19)11-17(13-25)16-7-5-4-6-8-16/h4-10,12,17,25H,11,13H2,1-3H3,(H-,23,26,27)/p+1. The Hall–Kier alpha value is -2.55. The minimum atomic E-state index is -3.51. The molecule has 2 heterocycles. The van der Waals surface area contributed by atoms with Gasteiger partial charge in [-0.15, -0.1) is 0 Å². The lowest BCUT2D eigenvalue weighted by molar-refractivity contribution is 0.264. The summed E-state index contributed by atoms with van der Waals surface area (Å²) in [5.41, 5.74) is 3.75. The first-order chi connectivity index (χ1) is 13.3. The van der Waals surface area contributed by atoms with Crippen LogP contribution in [0.2, 0.25) is 0 Å². The summed E-state index contributed by atoms with van der Waals surface area (Å²) >= 11 is 0. The van der Waals surface area contributed by atoms with Gasteiger partial charge in [-0.25, -0.2) is 0 Å². The second-order valence-corrected chi connectivity index (χ2v) is 8.50. The fourth-order valence-corrected chi connectivity index (χ4v) is 4.22. The molecule has 2 aromatic heterocycles. The Labute approximate surface area is 165 Å². The molecule has 0 spiro atoms. The van der Waals surface area contributed by atoms with E-state index >= 15 is 0 Å². The predicted molar refractivity (Wildman–Crippen MR) is 109 cm³/mol. The molecule has 0 amide bonds. The summed E-state index contributed by atoms with van der Waals surface area (Å²) in [7, 11) is -1.73. The van der Waals surface area contributed by atoms with Crippen LogP contribution in [0, 0.1) is 13.8 Å². The molecular weight excluding hydrogens is 376 g/mol. The lowest BCUT2D eigenvalue weighted by atomic mass is 9.95. The molecular formula is C20H25N4O3S+. The zero-order valence-corrected chi connectivity index (χ0v) is 17.0. The van der Waals surface area contributed by atoms with Gasteiger partial charge in [-0.05, 0) is 36.1 Å². The summed E-state index contributed by atoms with van der Waals surface area (Å²) in [6.45, 7) is 3.62. The van der Waals surface area contributed by atoms with E-state index in [9.17, 15) is 13.9 Å². The summed E-state index contributed by atoms with van der Waals surface area (Å²) in [5.74, 6) is -0.0724. The van der Waals surface area contributed by atoms with Gasteiger partial charge in [0.2, 0.25) is 4.90 Å². The quantitative estimate of drug-likeness (QED) is 0.528. The van der Waals surface area contributed by atoms with Crippen LogP contribution in [0.5, 0.6) is 0 Å². The lowest BCUT2D eigenvalue weighted by Crippen LogP contribution is -2.22. The molecule has 148 valence electrons. The first-order valence-electron chi connectivity index (χ1n) is 8.97. The van der Waals surface area contributed by atoms with Gasteiger partial charge in [0, 0.05) is 24.7 Å². The molecule has 8 heteroatoms. The Bertz CT molecular complexity index is 987. The molecule has 7 nitrogen and oxygen atoms in total. The Morgan fingerprint density at radius 2 is 1.89 bits per heavy atom. The number of aryl methyl sites for hydroxylation is 2. The molecule has 2 atom stereocenters. The van der Waals surface area contributed by atoms with Gasteiger partial charge in [0.1, 0.15) is 5.69 Å². The number of nitrogens with zero attached hydrogens (tertiary/aromatic N) is 3. The molecule has 0 aliphatic carbocycles. The van der Waals surface area contributed by atoms with E-state index in [-0.39, 0.29) is 17.4 Å². The monoisotopic (exact) mass is 401 g/mol. The van der Waals surface area contributed by atoms with Crippen LogP contribution >= 0.6 is 0 Å². The highest BCUT2D eigenvalue weighted by molar-refractivity contribution is 7.99. The third-order valence-corrected chi connectivity index (χ3v) is 6.17. The average molecular weight is 402 g/mol. The van der Waals surface area contributed by atoms with Gasteiger partial charge in [0.15, 0.2) is 0 Å². The van der Waals surface area contributed by atoms with Gasteiger partial charge >= 0.3 is 10.4 Å². The van der Waals surface area contributed by atoms with Gasteiger partial charge in [0.25, 0.3) is 0 Å². The molecule has 1 aromatic carbocycles. The van der Waals surface area contributed by atoms with Gasteiger partial charge < -0.3 is 5.11 Å². The largest absolute Gasteiger partial charge is 0.396 e. The summed E-state index contributed by atoms with van der Waals surface area (Å²) in [6.07, 6.45) is 1.95. The number of aliphatic hydroxyl groups is 1. The van der Waals surface area contributed by atoms with Gasteiger partial charge in [-0.2, -0.15) is 14.4 Å². The second-order valence-electron chi connectivity index (χ2n) is 6.78. The smallest absolute Gasteiger partial charge is 0.347 e. The molecule has 0 radical (unpaired) electrons. The third kappa shape index (κ3) is 4.30. The van der Waals surface area contributed by atoms with Crippen molar-refractivity contribution in [1.82, 2.24) is 14.8 Å². The number of hydrogen-bond donors (Lipinski definition) is 3. The van der Waals surface area contributed by atoms with Crippen LogP contribution in [-0.4, -0.2) is 31.0 Å². The molecule has 0 saturated heterocycles. The normalized spacial score (nSPS) is 14.5. The van der Waals surface area contributed by atoms with Crippen molar-refractivity contribution >= 4 is 16.1 Å². The number of anilines is 1. The highest BCUT2D eigenvalue weighted by atomic mass is 32.3. The summed E-state index contributed by atoms with van der Waals surface area (Å²) in [6, 6.07) is 13.1. The SMILES string of the molecule is Cc1nn(C)c(C)c1N[S+](=O)(O)c1ccc(CC(CO)c2ccccc2)nc1. The molecule has 2 unspecified atom stereocenters. The molecule has 0 bridgehead atoms. The first kappa shape index (κ1) is 20.2. The van der Waals surface area contributed by atoms with Crippen LogP contribution in [0.4, 0.5) is 5.69 Å². The second kappa shape index (κ2) is 8.22. The van der Waals surface area contributed by atoms with Crippen molar-refractivity contribution in [3.8, 4) is 0 Å². The highest BCUT2D eigenvalue weighted by Gasteiger charge is 2.32.